The molecule has 0 spiro atoms. The fourth-order valence-corrected chi connectivity index (χ4v) is 0.852. The molecular weight excluding hydrogens is 327 g/mol. The van der Waals surface area contributed by atoms with Gasteiger partial charge in [0.15, 0.2) is 0 Å². The number of ether oxygens (including phenoxy) is 1. The summed E-state index contributed by atoms with van der Waals surface area (Å²) in [5, 5.41) is 0. The number of thiol groups is 1. The molecule has 2 nitrogen and oxygen atoms in total. The SMILES string of the molecule is CCCCCCOC(=O)CS.C[CH2][SnH]([CH3])[CH3]. The van der Waals surface area contributed by atoms with E-state index in [1.54, 1.807) is 0 Å². The summed E-state index contributed by atoms with van der Waals surface area (Å²) >= 11 is 3.11. The summed E-state index contributed by atoms with van der Waals surface area (Å²) in [6, 6.07) is 0. The van der Waals surface area contributed by atoms with Gasteiger partial charge in [0.25, 0.3) is 0 Å². The second-order valence-electron chi connectivity index (χ2n) is 4.24. The van der Waals surface area contributed by atoms with E-state index in [4.69, 9.17) is 4.74 Å². The van der Waals surface area contributed by atoms with Gasteiger partial charge in [0.1, 0.15) is 0 Å². The van der Waals surface area contributed by atoms with Crippen LogP contribution in [-0.4, -0.2) is 38.1 Å². The van der Waals surface area contributed by atoms with Gasteiger partial charge in [-0.15, -0.1) is 0 Å². The van der Waals surface area contributed by atoms with Crippen LogP contribution < -0.4 is 0 Å². The van der Waals surface area contributed by atoms with Gasteiger partial charge in [0.2, 0.25) is 0 Å². The molecule has 0 rings (SSSR count). The Morgan fingerprint density at radius 1 is 1.19 bits per heavy atom. The van der Waals surface area contributed by atoms with Gasteiger partial charge >= 0.3 is 47.0 Å². The number of hydrogen-bond donors (Lipinski definition) is 1. The molecule has 16 heavy (non-hydrogen) atoms. The Kier molecular flexibility index (Phi) is 18.5. The van der Waals surface area contributed by atoms with Crippen LogP contribution in [0.4, 0.5) is 0 Å². The maximum atomic E-state index is 10.5. The molecular formula is C12H28O2SSn. The molecule has 0 aliphatic carbocycles. The second kappa shape index (κ2) is 15.6. The van der Waals surface area contributed by atoms with Crippen LogP contribution in [0, 0.1) is 0 Å². The summed E-state index contributed by atoms with van der Waals surface area (Å²) < 4.78 is 6.34. The van der Waals surface area contributed by atoms with Crippen molar-refractivity contribution in [3.8, 4) is 0 Å². The first-order valence-electron chi connectivity index (χ1n) is 6.34. The summed E-state index contributed by atoms with van der Waals surface area (Å²) in [6.07, 6.45) is 4.56. The van der Waals surface area contributed by atoms with Crippen molar-refractivity contribution in [2.45, 2.75) is 53.8 Å². The zero-order valence-corrected chi connectivity index (χ0v) is 15.5. The molecule has 0 heterocycles. The van der Waals surface area contributed by atoms with Crippen molar-refractivity contribution in [1.82, 2.24) is 0 Å². The molecule has 0 fully saturated rings. The van der Waals surface area contributed by atoms with Crippen molar-refractivity contribution in [2.24, 2.45) is 0 Å². The first kappa shape index (κ1) is 19.0. The maximum absolute atomic E-state index is 10.5. The van der Waals surface area contributed by atoms with Crippen LogP contribution in [0.2, 0.25) is 14.3 Å². The molecule has 0 aromatic rings. The third-order valence-electron chi connectivity index (χ3n) is 2.21. The molecule has 4 heteroatoms. The van der Waals surface area contributed by atoms with E-state index in [9.17, 15) is 4.79 Å². The number of hydrogen-bond acceptors (Lipinski definition) is 3. The Balaban J connectivity index is 0. The zero-order valence-electron chi connectivity index (χ0n) is 11.3. The minimum atomic E-state index is -0.679. The summed E-state index contributed by atoms with van der Waals surface area (Å²) in [7, 11) is 0. The molecule has 0 saturated carbocycles. The summed E-state index contributed by atoms with van der Waals surface area (Å²) in [5.74, 6) is -0.0295. The average Bonchev–Trinajstić information content (AvgIpc) is 2.29. The second-order valence-corrected chi connectivity index (χ2v) is 14.8. The molecule has 0 N–H and O–H groups in total. The first-order chi connectivity index (χ1) is 7.58. The van der Waals surface area contributed by atoms with E-state index in [0.29, 0.717) is 6.61 Å². The van der Waals surface area contributed by atoms with Gasteiger partial charge in [0.05, 0.1) is 12.4 Å². The van der Waals surface area contributed by atoms with Gasteiger partial charge in [-0.2, -0.15) is 12.6 Å². The molecule has 0 aliphatic heterocycles. The Bertz CT molecular complexity index is 152. The monoisotopic (exact) mass is 356 g/mol. The van der Waals surface area contributed by atoms with Crippen LogP contribution in [0.25, 0.3) is 0 Å². The van der Waals surface area contributed by atoms with Crippen LogP contribution >= 0.6 is 12.6 Å². The Labute approximate surface area is 114 Å². The van der Waals surface area contributed by atoms with Gasteiger partial charge in [-0.3, -0.25) is 4.79 Å². The van der Waals surface area contributed by atoms with Crippen molar-refractivity contribution < 1.29 is 9.53 Å². The molecule has 0 aromatic heterocycles. The number of carbonyl (C=O) groups excluding carboxylic acids is 1. The van der Waals surface area contributed by atoms with E-state index < -0.39 is 19.8 Å². The number of rotatable bonds is 7. The zero-order chi connectivity index (χ0) is 12.8. The molecule has 0 unspecified atom stereocenters. The summed E-state index contributed by atoms with van der Waals surface area (Å²) in [6.45, 7) is 5.00. The van der Waals surface area contributed by atoms with E-state index in [-0.39, 0.29) is 11.7 Å². The van der Waals surface area contributed by atoms with Crippen LogP contribution in [0.1, 0.15) is 39.5 Å². The van der Waals surface area contributed by atoms with Gasteiger partial charge in [-0.05, 0) is 6.42 Å². The molecule has 0 saturated heterocycles. The van der Waals surface area contributed by atoms with Crippen LogP contribution in [0.5, 0.6) is 0 Å². The third-order valence-corrected chi connectivity index (χ3v) is 7.13. The summed E-state index contributed by atoms with van der Waals surface area (Å²) in [4.78, 5) is 15.4. The van der Waals surface area contributed by atoms with Crippen LogP contribution in [0.15, 0.2) is 0 Å². The topological polar surface area (TPSA) is 26.3 Å². The van der Waals surface area contributed by atoms with E-state index in [0.717, 1.165) is 12.8 Å². The Hall–Kier alpha value is 0.619. The van der Waals surface area contributed by atoms with E-state index in [1.165, 1.54) is 17.3 Å². The summed E-state index contributed by atoms with van der Waals surface area (Å²) in [5.41, 5.74) is 0. The van der Waals surface area contributed by atoms with Crippen LogP contribution in [0.3, 0.4) is 0 Å². The Morgan fingerprint density at radius 2 is 1.75 bits per heavy atom. The fourth-order valence-electron chi connectivity index (χ4n) is 0.760. The van der Waals surface area contributed by atoms with Crippen molar-refractivity contribution in [1.29, 1.82) is 0 Å². The van der Waals surface area contributed by atoms with Crippen LogP contribution in [-0.2, 0) is 9.53 Å². The predicted octanol–water partition coefficient (Wildman–Crippen LogP) is 3.53. The number of esters is 1. The van der Waals surface area contributed by atoms with E-state index in [2.05, 4.69) is 36.4 Å². The van der Waals surface area contributed by atoms with Gasteiger partial charge in [-0.25, -0.2) is 0 Å². The molecule has 0 amide bonds. The van der Waals surface area contributed by atoms with E-state index >= 15 is 0 Å². The first-order valence-corrected chi connectivity index (χ1v) is 15.9. The molecule has 0 bridgehead atoms. The predicted molar refractivity (Wildman–Crippen MR) is 78.3 cm³/mol. The molecule has 0 radical (unpaired) electrons. The van der Waals surface area contributed by atoms with Gasteiger partial charge in [0, 0.05) is 0 Å². The molecule has 0 aliphatic rings. The van der Waals surface area contributed by atoms with Crippen molar-refractivity contribution in [3.05, 3.63) is 0 Å². The standard InChI is InChI=1S/C8H16O2S.C2H5.2CH3.Sn.H/c1-2-3-4-5-6-10-8(9)7-11;1-2;;;;/h11H,2-7H2,1H3;1H2,2H3;2*1H3;;. The van der Waals surface area contributed by atoms with Crippen molar-refractivity contribution >= 4 is 38.4 Å². The fraction of sp³-hybridized carbons (Fsp3) is 0.917. The normalized spacial score (nSPS) is 9.62. The molecule has 0 atom stereocenters. The minimum absolute atomic E-state index is 0.188. The Morgan fingerprint density at radius 3 is 2.12 bits per heavy atom. The molecule has 0 aromatic carbocycles. The van der Waals surface area contributed by atoms with Gasteiger partial charge < -0.3 is 4.74 Å². The molecule has 98 valence electrons. The van der Waals surface area contributed by atoms with E-state index in [1.807, 2.05) is 0 Å². The van der Waals surface area contributed by atoms with Gasteiger partial charge in [-0.1, -0.05) is 26.2 Å². The van der Waals surface area contributed by atoms with Crippen molar-refractivity contribution in [3.63, 3.8) is 0 Å². The third kappa shape index (κ3) is 20.1. The average molecular weight is 355 g/mol. The quantitative estimate of drug-likeness (QED) is 0.327. The van der Waals surface area contributed by atoms with Crippen molar-refractivity contribution in [2.75, 3.05) is 12.4 Å². The number of carbonyl (C=O) groups is 1. The number of unbranched alkanes of at least 4 members (excludes halogenated alkanes) is 3.